The number of hydrogen-bond acceptors (Lipinski definition) is 5. The van der Waals surface area contributed by atoms with Crippen molar-refractivity contribution < 1.29 is 24.1 Å². The Morgan fingerprint density at radius 2 is 1.92 bits per heavy atom. The Balaban J connectivity index is 1.67. The van der Waals surface area contributed by atoms with Gasteiger partial charge in [-0.1, -0.05) is 35.9 Å². The number of nitrogens with zero attached hydrogens (tertiary/aromatic N) is 2. The Bertz CT molecular complexity index is 1070. The van der Waals surface area contributed by atoms with Crippen LogP contribution < -0.4 is 5.73 Å². The zero-order chi connectivity index (χ0) is 26.6. The molecular formula is C29H40FN3O4. The van der Waals surface area contributed by atoms with Crippen LogP contribution in [0.25, 0.3) is 11.1 Å². The fourth-order valence-corrected chi connectivity index (χ4v) is 5.85. The maximum absolute atomic E-state index is 15.0. The van der Waals surface area contributed by atoms with E-state index >= 15 is 4.39 Å². The van der Waals surface area contributed by atoms with E-state index in [1.807, 2.05) is 37.3 Å². The first kappa shape index (κ1) is 27.5. The van der Waals surface area contributed by atoms with E-state index in [1.54, 1.807) is 23.0 Å². The second kappa shape index (κ2) is 11.9. The van der Waals surface area contributed by atoms with Crippen molar-refractivity contribution >= 4 is 6.03 Å². The predicted octanol–water partition coefficient (Wildman–Crippen LogP) is 3.64. The van der Waals surface area contributed by atoms with Gasteiger partial charge in [0.1, 0.15) is 5.82 Å². The Morgan fingerprint density at radius 1 is 1.14 bits per heavy atom. The Kier molecular flexibility index (Phi) is 8.85. The lowest BCUT2D eigenvalue weighted by molar-refractivity contribution is -0.0572. The molecule has 2 heterocycles. The van der Waals surface area contributed by atoms with E-state index in [0.717, 1.165) is 31.2 Å². The zero-order valence-corrected chi connectivity index (χ0v) is 21.9. The van der Waals surface area contributed by atoms with Gasteiger partial charge in [0.2, 0.25) is 0 Å². The number of ether oxygens (including phenoxy) is 1. The standard InChI is InChI=1S/C29H40FN3O4/c1-20-11-12-25(30)23(16-20)22-9-3-4-10-24(22)29(36,13-5-6-15-37-2)21-8-7-14-32(17-21)28(35)33-18-26(31)27(34)19-33/h3-4,9-12,16,21,26-27,34,36H,5-8,13-15,17-19,31H2,1-2H3/t21-,26-,27+,29+/m1/s1. The molecule has 4 rings (SSSR count). The van der Waals surface area contributed by atoms with Crippen molar-refractivity contribution in [1.82, 2.24) is 9.80 Å². The fourth-order valence-electron chi connectivity index (χ4n) is 5.85. The van der Waals surface area contributed by atoms with Crippen molar-refractivity contribution in [3.05, 3.63) is 59.4 Å². The molecule has 2 aliphatic rings. The third-order valence-corrected chi connectivity index (χ3v) is 7.93. The van der Waals surface area contributed by atoms with Gasteiger partial charge in [-0.05, 0) is 62.3 Å². The number of carbonyl (C=O) groups excluding carboxylic acids is 1. The van der Waals surface area contributed by atoms with Gasteiger partial charge in [-0.3, -0.25) is 0 Å². The normalized spacial score (nSPS) is 23.8. The van der Waals surface area contributed by atoms with E-state index in [4.69, 9.17) is 10.5 Å². The lowest BCUT2D eigenvalue weighted by Crippen LogP contribution is -2.52. The number of nitrogens with two attached hydrogens (primary N) is 1. The summed E-state index contributed by atoms with van der Waals surface area (Å²) in [7, 11) is 1.66. The van der Waals surface area contributed by atoms with Crippen LogP contribution in [0.2, 0.25) is 0 Å². The summed E-state index contributed by atoms with van der Waals surface area (Å²) in [5, 5.41) is 22.5. The second-order valence-electron chi connectivity index (χ2n) is 10.6. The van der Waals surface area contributed by atoms with Gasteiger partial charge >= 0.3 is 6.03 Å². The molecule has 4 atom stereocenters. The van der Waals surface area contributed by atoms with Gasteiger partial charge in [0.15, 0.2) is 0 Å². The smallest absolute Gasteiger partial charge is 0.320 e. The van der Waals surface area contributed by atoms with Crippen LogP contribution in [-0.4, -0.2) is 78.1 Å². The number of likely N-dealkylation sites (tertiary alicyclic amines) is 2. The molecule has 2 amide bonds. The van der Waals surface area contributed by atoms with Crippen LogP contribution in [0.3, 0.4) is 0 Å². The quantitative estimate of drug-likeness (QED) is 0.468. The van der Waals surface area contributed by atoms with Crippen LogP contribution in [0.15, 0.2) is 42.5 Å². The predicted molar refractivity (Wildman–Crippen MR) is 141 cm³/mol. The number of piperidine rings is 1. The summed E-state index contributed by atoms with van der Waals surface area (Å²) in [6.45, 7) is 4.03. The summed E-state index contributed by atoms with van der Waals surface area (Å²) < 4.78 is 20.3. The van der Waals surface area contributed by atoms with Crippen molar-refractivity contribution in [3.63, 3.8) is 0 Å². The molecule has 0 spiro atoms. The summed E-state index contributed by atoms with van der Waals surface area (Å²) >= 11 is 0. The van der Waals surface area contributed by atoms with Crippen molar-refractivity contribution in [3.8, 4) is 11.1 Å². The number of urea groups is 1. The zero-order valence-electron chi connectivity index (χ0n) is 21.9. The van der Waals surface area contributed by atoms with Crippen molar-refractivity contribution in [1.29, 1.82) is 0 Å². The minimum absolute atomic E-state index is 0.156. The highest BCUT2D eigenvalue weighted by atomic mass is 19.1. The first-order chi connectivity index (χ1) is 17.7. The Morgan fingerprint density at radius 3 is 2.65 bits per heavy atom. The van der Waals surface area contributed by atoms with Crippen LogP contribution in [0.5, 0.6) is 0 Å². The molecule has 2 aromatic rings. The summed E-state index contributed by atoms with van der Waals surface area (Å²) in [4.78, 5) is 16.7. The minimum atomic E-state index is -1.26. The average Bonchev–Trinajstić information content (AvgIpc) is 3.25. The monoisotopic (exact) mass is 513 g/mol. The molecule has 0 saturated carbocycles. The molecular weight excluding hydrogens is 473 g/mol. The number of methoxy groups -OCH3 is 1. The molecule has 0 aromatic heterocycles. The largest absolute Gasteiger partial charge is 0.390 e. The lowest BCUT2D eigenvalue weighted by Gasteiger charge is -2.44. The average molecular weight is 514 g/mol. The first-order valence-corrected chi connectivity index (χ1v) is 13.3. The number of aliphatic hydroxyl groups excluding tert-OH is 1. The van der Waals surface area contributed by atoms with Crippen LogP contribution in [-0.2, 0) is 10.3 Å². The van der Waals surface area contributed by atoms with E-state index in [0.29, 0.717) is 49.4 Å². The molecule has 0 aliphatic carbocycles. The van der Waals surface area contributed by atoms with Gasteiger partial charge in [0.25, 0.3) is 0 Å². The highest BCUT2D eigenvalue weighted by Crippen LogP contribution is 2.44. The third-order valence-electron chi connectivity index (χ3n) is 7.93. The molecule has 2 aliphatic heterocycles. The van der Waals surface area contributed by atoms with Crippen LogP contribution in [0, 0.1) is 18.7 Å². The maximum Gasteiger partial charge on any atom is 0.320 e. The van der Waals surface area contributed by atoms with E-state index in [1.165, 1.54) is 6.07 Å². The molecule has 7 nitrogen and oxygen atoms in total. The number of carbonyl (C=O) groups is 1. The second-order valence-corrected chi connectivity index (χ2v) is 10.6. The van der Waals surface area contributed by atoms with Crippen molar-refractivity contribution in [2.24, 2.45) is 11.7 Å². The van der Waals surface area contributed by atoms with Gasteiger partial charge < -0.3 is 30.5 Å². The molecule has 2 aromatic carbocycles. The third kappa shape index (κ3) is 5.98. The van der Waals surface area contributed by atoms with E-state index in [2.05, 4.69) is 0 Å². The van der Waals surface area contributed by atoms with Crippen LogP contribution in [0.1, 0.15) is 43.2 Å². The van der Waals surface area contributed by atoms with Crippen molar-refractivity contribution in [2.75, 3.05) is 39.9 Å². The molecule has 0 bridgehead atoms. The molecule has 2 saturated heterocycles. The number of amides is 2. The number of β-amino-alcohol motifs (C(OH)–C–C–N with tert-alkyl or cyclic N) is 1. The highest BCUT2D eigenvalue weighted by molar-refractivity contribution is 5.75. The fraction of sp³-hybridized carbons (Fsp3) is 0.552. The van der Waals surface area contributed by atoms with Crippen LogP contribution in [0.4, 0.5) is 9.18 Å². The van der Waals surface area contributed by atoms with Gasteiger partial charge in [-0.15, -0.1) is 0 Å². The van der Waals surface area contributed by atoms with Gasteiger partial charge in [-0.2, -0.15) is 0 Å². The summed E-state index contributed by atoms with van der Waals surface area (Å²) in [6.07, 6.45) is 2.77. The number of unbranched alkanes of at least 4 members (excludes halogenated alkanes) is 1. The van der Waals surface area contributed by atoms with Gasteiger partial charge in [-0.25, -0.2) is 9.18 Å². The summed E-state index contributed by atoms with van der Waals surface area (Å²) in [5.41, 5.74) is 7.45. The Labute approximate surface area is 219 Å². The van der Waals surface area contributed by atoms with E-state index in [-0.39, 0.29) is 24.3 Å². The molecule has 4 N–H and O–H groups in total. The SMILES string of the molecule is COCCCC[C@@](O)(c1ccccc1-c1cc(C)ccc1F)[C@@H]1CCCN(C(=O)N2C[C@@H](N)[C@@H](O)C2)C1. The number of hydrogen-bond donors (Lipinski definition) is 3. The number of halogens is 1. The molecule has 202 valence electrons. The first-order valence-electron chi connectivity index (χ1n) is 13.3. The number of rotatable bonds is 8. The van der Waals surface area contributed by atoms with E-state index < -0.39 is 17.7 Å². The van der Waals surface area contributed by atoms with Gasteiger partial charge in [0, 0.05) is 57.4 Å². The van der Waals surface area contributed by atoms with Crippen molar-refractivity contribution in [2.45, 2.75) is 56.8 Å². The van der Waals surface area contributed by atoms with Gasteiger partial charge in [0.05, 0.1) is 11.7 Å². The summed E-state index contributed by atoms with van der Waals surface area (Å²) in [5.74, 6) is -0.563. The van der Waals surface area contributed by atoms with E-state index in [9.17, 15) is 15.0 Å². The molecule has 8 heteroatoms. The summed E-state index contributed by atoms with van der Waals surface area (Å²) in [6, 6.07) is 11.9. The number of aryl methyl sites for hydroxylation is 1. The lowest BCUT2D eigenvalue weighted by atomic mass is 9.72. The molecule has 0 unspecified atom stereocenters. The Hall–Kier alpha value is -2.52. The minimum Gasteiger partial charge on any atom is -0.390 e. The number of aliphatic hydroxyl groups is 2. The number of benzene rings is 2. The molecule has 2 fully saturated rings. The topological polar surface area (TPSA) is 99.3 Å². The maximum atomic E-state index is 15.0. The van der Waals surface area contributed by atoms with Crippen LogP contribution >= 0.6 is 0 Å². The molecule has 37 heavy (non-hydrogen) atoms. The highest BCUT2D eigenvalue weighted by Gasteiger charge is 2.44. The molecule has 0 radical (unpaired) electrons.